The molecule has 22 heavy (non-hydrogen) atoms. The summed E-state index contributed by atoms with van der Waals surface area (Å²) in [6, 6.07) is 1.16. The first-order valence-electron chi connectivity index (χ1n) is 6.70. The van der Waals surface area contributed by atoms with Crippen LogP contribution in [0.2, 0.25) is 0 Å². The van der Waals surface area contributed by atoms with Crippen LogP contribution in [0.25, 0.3) is 0 Å². The number of nitrogens with one attached hydrogen (secondary N) is 1. The molecule has 0 aliphatic heterocycles. The lowest BCUT2D eigenvalue weighted by Gasteiger charge is -2.22. The Balaban J connectivity index is 3.06. The standard InChI is InChI=1S/C15H20N2O5/c1-8-5-9(2)14(11(4)10(8)3)16-15(22)17(6-12(18)19)7-13(20)21/h5H,6-7H2,1-4H3,(H,16,22)(H,18,19)(H,20,21). The number of urea groups is 1. The van der Waals surface area contributed by atoms with E-state index in [0.29, 0.717) is 5.69 Å². The number of carbonyl (C=O) groups excluding carboxylic acids is 1. The minimum atomic E-state index is -1.27. The molecule has 120 valence electrons. The number of carbonyl (C=O) groups is 3. The molecule has 0 unspecified atom stereocenters. The predicted octanol–water partition coefficient (Wildman–Crippen LogP) is 1.92. The third kappa shape index (κ3) is 4.21. The molecular weight excluding hydrogens is 288 g/mol. The largest absolute Gasteiger partial charge is 0.480 e. The Morgan fingerprint density at radius 1 is 0.955 bits per heavy atom. The SMILES string of the molecule is Cc1cc(C)c(NC(=O)N(CC(=O)O)CC(=O)O)c(C)c1C. The van der Waals surface area contributed by atoms with Crippen molar-refractivity contribution in [2.75, 3.05) is 18.4 Å². The van der Waals surface area contributed by atoms with Gasteiger partial charge in [0, 0.05) is 5.69 Å². The lowest BCUT2D eigenvalue weighted by Crippen LogP contribution is -2.42. The summed E-state index contributed by atoms with van der Waals surface area (Å²) < 4.78 is 0. The third-order valence-electron chi connectivity index (χ3n) is 3.53. The van der Waals surface area contributed by atoms with Gasteiger partial charge in [-0.25, -0.2) is 4.79 Å². The van der Waals surface area contributed by atoms with Gasteiger partial charge in [0.05, 0.1) is 0 Å². The molecule has 0 bridgehead atoms. The number of aliphatic carboxylic acids is 2. The van der Waals surface area contributed by atoms with Crippen LogP contribution in [-0.4, -0.2) is 46.2 Å². The fraction of sp³-hybridized carbons (Fsp3) is 0.400. The smallest absolute Gasteiger partial charge is 0.323 e. The Bertz CT molecular complexity index is 609. The van der Waals surface area contributed by atoms with Crippen molar-refractivity contribution in [1.29, 1.82) is 0 Å². The van der Waals surface area contributed by atoms with E-state index in [9.17, 15) is 14.4 Å². The highest BCUT2D eigenvalue weighted by Gasteiger charge is 2.21. The number of aryl methyl sites for hydroxylation is 2. The van der Waals surface area contributed by atoms with Gasteiger partial charge in [0.1, 0.15) is 13.1 Å². The molecule has 7 heteroatoms. The first-order chi connectivity index (χ1) is 10.1. The highest BCUT2D eigenvalue weighted by atomic mass is 16.4. The van der Waals surface area contributed by atoms with Crippen molar-refractivity contribution in [3.8, 4) is 0 Å². The topological polar surface area (TPSA) is 107 Å². The van der Waals surface area contributed by atoms with E-state index < -0.39 is 31.1 Å². The maximum absolute atomic E-state index is 12.2. The summed E-state index contributed by atoms with van der Waals surface area (Å²) in [5.41, 5.74) is 4.38. The molecule has 2 amide bonds. The van der Waals surface area contributed by atoms with Crippen molar-refractivity contribution < 1.29 is 24.6 Å². The monoisotopic (exact) mass is 308 g/mol. The summed E-state index contributed by atoms with van der Waals surface area (Å²) >= 11 is 0. The minimum absolute atomic E-state index is 0.578. The summed E-state index contributed by atoms with van der Waals surface area (Å²) in [6.07, 6.45) is 0. The fourth-order valence-corrected chi connectivity index (χ4v) is 2.19. The summed E-state index contributed by atoms with van der Waals surface area (Å²) in [4.78, 5) is 34.4. The van der Waals surface area contributed by atoms with Crippen molar-refractivity contribution in [2.45, 2.75) is 27.7 Å². The average Bonchev–Trinajstić information content (AvgIpc) is 2.39. The van der Waals surface area contributed by atoms with Crippen LogP contribution in [0.3, 0.4) is 0 Å². The molecule has 0 saturated carbocycles. The molecule has 1 aromatic rings. The van der Waals surface area contributed by atoms with Crippen LogP contribution in [0, 0.1) is 27.7 Å². The molecule has 0 radical (unpaired) electrons. The number of carboxylic acid groups (broad SMARTS) is 2. The molecule has 0 aliphatic rings. The molecule has 0 aromatic heterocycles. The quantitative estimate of drug-likeness (QED) is 0.770. The van der Waals surface area contributed by atoms with Crippen LogP contribution in [-0.2, 0) is 9.59 Å². The fourth-order valence-electron chi connectivity index (χ4n) is 2.19. The van der Waals surface area contributed by atoms with E-state index in [4.69, 9.17) is 10.2 Å². The number of amides is 2. The van der Waals surface area contributed by atoms with Gasteiger partial charge < -0.3 is 20.4 Å². The molecule has 0 heterocycles. The average molecular weight is 308 g/mol. The van der Waals surface area contributed by atoms with Crippen LogP contribution in [0.1, 0.15) is 22.3 Å². The molecule has 1 aromatic carbocycles. The van der Waals surface area contributed by atoms with Crippen molar-refractivity contribution >= 4 is 23.7 Å². The second-order valence-corrected chi connectivity index (χ2v) is 5.21. The Kier molecular flexibility index (Phi) is 5.50. The van der Waals surface area contributed by atoms with Gasteiger partial charge in [-0.05, 0) is 49.9 Å². The molecule has 0 spiro atoms. The minimum Gasteiger partial charge on any atom is -0.480 e. The Hall–Kier alpha value is -2.57. The van der Waals surface area contributed by atoms with Gasteiger partial charge in [0.25, 0.3) is 0 Å². The normalized spacial score (nSPS) is 10.2. The van der Waals surface area contributed by atoms with Gasteiger partial charge in [-0.3, -0.25) is 9.59 Å². The summed E-state index contributed by atoms with van der Waals surface area (Å²) in [7, 11) is 0. The van der Waals surface area contributed by atoms with Gasteiger partial charge in [-0.15, -0.1) is 0 Å². The van der Waals surface area contributed by atoms with Gasteiger partial charge in [-0.1, -0.05) is 6.07 Å². The number of carboxylic acids is 2. The lowest BCUT2D eigenvalue weighted by molar-refractivity contribution is -0.140. The molecule has 7 nitrogen and oxygen atoms in total. The Morgan fingerprint density at radius 2 is 1.45 bits per heavy atom. The number of hydrogen-bond donors (Lipinski definition) is 3. The Morgan fingerprint density at radius 3 is 1.91 bits per heavy atom. The van der Waals surface area contributed by atoms with Crippen LogP contribution in [0.15, 0.2) is 6.07 Å². The maximum atomic E-state index is 12.2. The van der Waals surface area contributed by atoms with E-state index in [2.05, 4.69) is 5.32 Å². The number of benzene rings is 1. The lowest BCUT2D eigenvalue weighted by atomic mass is 9.98. The number of hydrogen-bond acceptors (Lipinski definition) is 3. The zero-order valence-electron chi connectivity index (χ0n) is 13.1. The number of nitrogens with zero attached hydrogens (tertiary/aromatic N) is 1. The second-order valence-electron chi connectivity index (χ2n) is 5.21. The number of anilines is 1. The summed E-state index contributed by atoms with van der Waals surface area (Å²) in [5, 5.41) is 20.2. The van der Waals surface area contributed by atoms with Crippen molar-refractivity contribution in [3.05, 3.63) is 28.3 Å². The molecule has 0 saturated heterocycles. The highest BCUT2D eigenvalue weighted by molar-refractivity contribution is 5.94. The van der Waals surface area contributed by atoms with E-state index in [1.165, 1.54) is 0 Å². The first-order valence-corrected chi connectivity index (χ1v) is 6.70. The van der Waals surface area contributed by atoms with Gasteiger partial charge >= 0.3 is 18.0 Å². The predicted molar refractivity (Wildman–Crippen MR) is 81.3 cm³/mol. The van der Waals surface area contributed by atoms with Crippen molar-refractivity contribution in [3.63, 3.8) is 0 Å². The van der Waals surface area contributed by atoms with Crippen LogP contribution >= 0.6 is 0 Å². The molecule has 0 atom stereocenters. The zero-order valence-corrected chi connectivity index (χ0v) is 13.1. The number of rotatable bonds is 5. The summed E-state index contributed by atoms with van der Waals surface area (Å²) in [5.74, 6) is -2.55. The zero-order chi connectivity index (χ0) is 17.0. The van der Waals surface area contributed by atoms with Crippen LogP contribution in [0.4, 0.5) is 10.5 Å². The van der Waals surface area contributed by atoms with E-state index in [1.807, 2.05) is 33.8 Å². The van der Waals surface area contributed by atoms with E-state index >= 15 is 0 Å². The summed E-state index contributed by atoms with van der Waals surface area (Å²) in [6.45, 7) is 6.20. The molecule has 1 rings (SSSR count). The molecule has 3 N–H and O–H groups in total. The second kappa shape index (κ2) is 6.93. The molecule has 0 aliphatic carbocycles. The van der Waals surface area contributed by atoms with Crippen LogP contribution in [0.5, 0.6) is 0 Å². The van der Waals surface area contributed by atoms with E-state index in [1.54, 1.807) is 0 Å². The first kappa shape index (κ1) is 17.5. The maximum Gasteiger partial charge on any atom is 0.323 e. The van der Waals surface area contributed by atoms with E-state index in [0.717, 1.165) is 27.2 Å². The van der Waals surface area contributed by atoms with Crippen molar-refractivity contribution in [2.24, 2.45) is 0 Å². The van der Waals surface area contributed by atoms with Crippen molar-refractivity contribution in [1.82, 2.24) is 4.90 Å². The van der Waals surface area contributed by atoms with Gasteiger partial charge in [0.15, 0.2) is 0 Å². The van der Waals surface area contributed by atoms with Crippen LogP contribution < -0.4 is 5.32 Å². The highest BCUT2D eigenvalue weighted by Crippen LogP contribution is 2.26. The molecule has 0 fully saturated rings. The van der Waals surface area contributed by atoms with Gasteiger partial charge in [-0.2, -0.15) is 0 Å². The van der Waals surface area contributed by atoms with Gasteiger partial charge in [0.2, 0.25) is 0 Å². The third-order valence-corrected chi connectivity index (χ3v) is 3.53. The Labute approximate surface area is 128 Å². The molecular formula is C15H20N2O5. The van der Waals surface area contributed by atoms with E-state index in [-0.39, 0.29) is 0 Å².